The Morgan fingerprint density at radius 1 is 1.50 bits per heavy atom. The zero-order valence-corrected chi connectivity index (χ0v) is 12.9. The van der Waals surface area contributed by atoms with Crippen molar-refractivity contribution in [1.82, 2.24) is 15.5 Å². The molecule has 0 radical (unpaired) electrons. The number of nitrogens with zero attached hydrogens (tertiary/aromatic N) is 2. The normalized spacial score (nSPS) is 17.7. The summed E-state index contributed by atoms with van der Waals surface area (Å²) in [7, 11) is 0. The molecule has 1 saturated carbocycles. The smallest absolute Gasteiger partial charge is 0.249 e. The average molecular weight is 303 g/mol. The van der Waals surface area contributed by atoms with Gasteiger partial charge in [0.15, 0.2) is 5.76 Å². The van der Waals surface area contributed by atoms with Crippen LogP contribution in [-0.2, 0) is 4.79 Å². The van der Waals surface area contributed by atoms with Crippen molar-refractivity contribution in [2.45, 2.75) is 45.6 Å². The van der Waals surface area contributed by atoms with Gasteiger partial charge >= 0.3 is 0 Å². The molecule has 1 amide bonds. The van der Waals surface area contributed by atoms with Gasteiger partial charge in [0.25, 0.3) is 0 Å². The molecule has 118 valence electrons. The van der Waals surface area contributed by atoms with Gasteiger partial charge in [-0.25, -0.2) is 0 Å². The number of furan rings is 1. The van der Waals surface area contributed by atoms with Gasteiger partial charge in [-0.05, 0) is 30.9 Å². The molecule has 1 aliphatic carbocycles. The van der Waals surface area contributed by atoms with Crippen LogP contribution < -0.4 is 5.32 Å². The molecule has 2 heterocycles. The van der Waals surface area contributed by atoms with E-state index in [0.717, 1.165) is 25.7 Å². The highest BCUT2D eigenvalue weighted by Gasteiger charge is 2.31. The Morgan fingerprint density at radius 2 is 2.32 bits per heavy atom. The molecule has 0 saturated heterocycles. The van der Waals surface area contributed by atoms with Gasteiger partial charge in [0.1, 0.15) is 6.04 Å². The number of carbonyl (C=O) groups is 1. The van der Waals surface area contributed by atoms with Crippen molar-refractivity contribution in [1.29, 1.82) is 0 Å². The monoisotopic (exact) mass is 303 g/mol. The first-order chi connectivity index (χ1) is 10.7. The Bertz CT molecular complexity index is 616. The first kappa shape index (κ1) is 14.8. The molecule has 0 bridgehead atoms. The minimum Gasteiger partial charge on any atom is -0.461 e. The topological polar surface area (TPSA) is 81.2 Å². The zero-order chi connectivity index (χ0) is 15.5. The fourth-order valence-electron chi connectivity index (χ4n) is 2.49. The van der Waals surface area contributed by atoms with Crippen molar-refractivity contribution >= 4 is 5.91 Å². The van der Waals surface area contributed by atoms with Crippen LogP contribution in [0.3, 0.4) is 0 Å². The third-order valence-corrected chi connectivity index (χ3v) is 4.44. The lowest BCUT2D eigenvalue weighted by Gasteiger charge is -2.28. The molecule has 0 spiro atoms. The number of carbonyl (C=O) groups excluding carboxylic acids is 1. The fraction of sp³-hybridized carbons (Fsp3) is 0.562. The Kier molecular flexibility index (Phi) is 4.27. The van der Waals surface area contributed by atoms with E-state index in [-0.39, 0.29) is 23.8 Å². The summed E-state index contributed by atoms with van der Waals surface area (Å²) >= 11 is 0. The molecule has 2 atom stereocenters. The summed E-state index contributed by atoms with van der Waals surface area (Å²) < 4.78 is 10.6. The van der Waals surface area contributed by atoms with Crippen LogP contribution in [-0.4, -0.2) is 16.0 Å². The minimum atomic E-state index is -0.255. The number of nitrogens with one attached hydrogen (secondary N) is 1. The Morgan fingerprint density at radius 3 is 2.91 bits per heavy atom. The number of amides is 1. The predicted molar refractivity (Wildman–Crippen MR) is 79.7 cm³/mol. The second-order valence-electron chi connectivity index (χ2n) is 5.93. The van der Waals surface area contributed by atoms with E-state index >= 15 is 0 Å². The number of hydrogen-bond acceptors (Lipinski definition) is 5. The van der Waals surface area contributed by atoms with Crippen molar-refractivity contribution in [2.24, 2.45) is 11.8 Å². The molecule has 0 unspecified atom stereocenters. The summed E-state index contributed by atoms with van der Waals surface area (Å²) in [5.74, 6) is 1.85. The third kappa shape index (κ3) is 2.91. The van der Waals surface area contributed by atoms with E-state index in [2.05, 4.69) is 29.3 Å². The molecule has 1 N–H and O–H groups in total. The van der Waals surface area contributed by atoms with Crippen LogP contribution in [0.4, 0.5) is 0 Å². The average Bonchev–Trinajstić information content (AvgIpc) is 3.12. The number of rotatable bonds is 6. The largest absolute Gasteiger partial charge is 0.461 e. The molecule has 6 heteroatoms. The highest BCUT2D eigenvalue weighted by molar-refractivity contribution is 5.79. The third-order valence-electron chi connectivity index (χ3n) is 4.44. The molecular weight excluding hydrogens is 282 g/mol. The second-order valence-corrected chi connectivity index (χ2v) is 5.93. The van der Waals surface area contributed by atoms with Gasteiger partial charge in [-0.1, -0.05) is 31.8 Å². The molecule has 2 aromatic rings. The number of aromatic nitrogens is 2. The van der Waals surface area contributed by atoms with E-state index in [9.17, 15) is 4.79 Å². The van der Waals surface area contributed by atoms with Crippen molar-refractivity contribution in [3.05, 3.63) is 24.3 Å². The highest BCUT2D eigenvalue weighted by Crippen LogP contribution is 2.30. The molecule has 1 aliphatic rings. The fourth-order valence-corrected chi connectivity index (χ4v) is 2.49. The van der Waals surface area contributed by atoms with Crippen LogP contribution in [0.5, 0.6) is 0 Å². The van der Waals surface area contributed by atoms with Crippen LogP contribution >= 0.6 is 0 Å². The Labute approximate surface area is 129 Å². The number of hydrogen-bond donors (Lipinski definition) is 1. The molecule has 22 heavy (non-hydrogen) atoms. The molecule has 2 aromatic heterocycles. The van der Waals surface area contributed by atoms with Crippen LogP contribution in [0.2, 0.25) is 0 Å². The van der Waals surface area contributed by atoms with Crippen LogP contribution in [0.15, 0.2) is 27.3 Å². The lowest BCUT2D eigenvalue weighted by atomic mass is 9.84. The standard InChI is InChI=1S/C16H21N3O3/c1-3-10(2)13(17-15(20)11-6-4-7-11)16-18-14(19-22-16)12-8-5-9-21-12/h5,8-11,13H,3-4,6-7H2,1-2H3,(H,17,20)/t10-,13-/m0/s1. The van der Waals surface area contributed by atoms with Crippen molar-refractivity contribution in [2.75, 3.05) is 0 Å². The van der Waals surface area contributed by atoms with Crippen molar-refractivity contribution in [3.8, 4) is 11.6 Å². The van der Waals surface area contributed by atoms with E-state index < -0.39 is 0 Å². The van der Waals surface area contributed by atoms with Crippen LogP contribution in [0, 0.1) is 11.8 Å². The Balaban J connectivity index is 1.78. The highest BCUT2D eigenvalue weighted by atomic mass is 16.5. The van der Waals surface area contributed by atoms with Gasteiger partial charge in [-0.2, -0.15) is 4.98 Å². The molecule has 3 rings (SSSR count). The van der Waals surface area contributed by atoms with Gasteiger partial charge < -0.3 is 14.3 Å². The van der Waals surface area contributed by atoms with Gasteiger partial charge in [-0.15, -0.1) is 0 Å². The second kappa shape index (κ2) is 6.34. The van der Waals surface area contributed by atoms with Gasteiger partial charge in [0.05, 0.1) is 6.26 Å². The lowest BCUT2D eigenvalue weighted by Crippen LogP contribution is -2.39. The molecular formula is C16H21N3O3. The van der Waals surface area contributed by atoms with Gasteiger partial charge in [-0.3, -0.25) is 4.79 Å². The molecule has 0 aromatic carbocycles. The Hall–Kier alpha value is -2.11. The summed E-state index contributed by atoms with van der Waals surface area (Å²) in [6, 6.07) is 3.30. The van der Waals surface area contributed by atoms with Crippen LogP contribution in [0.25, 0.3) is 11.6 Å². The zero-order valence-electron chi connectivity index (χ0n) is 12.9. The van der Waals surface area contributed by atoms with E-state index in [1.807, 2.05) is 0 Å². The molecule has 0 aliphatic heterocycles. The van der Waals surface area contributed by atoms with E-state index in [1.165, 1.54) is 0 Å². The summed E-state index contributed by atoms with van der Waals surface area (Å²) in [6.45, 7) is 4.15. The summed E-state index contributed by atoms with van der Waals surface area (Å²) in [6.07, 6.45) is 5.56. The van der Waals surface area contributed by atoms with E-state index in [4.69, 9.17) is 8.94 Å². The van der Waals surface area contributed by atoms with Gasteiger partial charge in [0.2, 0.25) is 17.6 Å². The van der Waals surface area contributed by atoms with Crippen LogP contribution in [0.1, 0.15) is 51.5 Å². The maximum absolute atomic E-state index is 12.2. The summed E-state index contributed by atoms with van der Waals surface area (Å²) in [5, 5.41) is 7.03. The van der Waals surface area contributed by atoms with Crippen molar-refractivity contribution < 1.29 is 13.7 Å². The SMILES string of the molecule is CC[C@H](C)[C@H](NC(=O)C1CCC1)c1nc(-c2ccco2)no1. The molecule has 6 nitrogen and oxygen atoms in total. The summed E-state index contributed by atoms with van der Waals surface area (Å²) in [5.41, 5.74) is 0. The molecule has 1 fully saturated rings. The van der Waals surface area contributed by atoms with E-state index in [0.29, 0.717) is 17.5 Å². The maximum Gasteiger partial charge on any atom is 0.249 e. The predicted octanol–water partition coefficient (Wildman–Crippen LogP) is 3.33. The lowest BCUT2D eigenvalue weighted by molar-refractivity contribution is -0.128. The van der Waals surface area contributed by atoms with Gasteiger partial charge in [0, 0.05) is 5.92 Å². The first-order valence-corrected chi connectivity index (χ1v) is 7.87. The van der Waals surface area contributed by atoms with E-state index in [1.54, 1.807) is 18.4 Å². The summed E-state index contributed by atoms with van der Waals surface area (Å²) in [4.78, 5) is 16.6. The first-order valence-electron chi connectivity index (χ1n) is 7.87. The maximum atomic E-state index is 12.2. The quantitative estimate of drug-likeness (QED) is 0.885. The minimum absolute atomic E-state index is 0.0919. The van der Waals surface area contributed by atoms with Crippen molar-refractivity contribution in [3.63, 3.8) is 0 Å².